The summed E-state index contributed by atoms with van der Waals surface area (Å²) in [6, 6.07) is 8.16. The van der Waals surface area contributed by atoms with Crippen molar-refractivity contribution in [3.05, 3.63) is 41.4 Å². The highest BCUT2D eigenvalue weighted by Crippen LogP contribution is 2.38. The van der Waals surface area contributed by atoms with Gasteiger partial charge in [0.25, 0.3) is 0 Å². The number of nitrogens with zero attached hydrogens (tertiary/aromatic N) is 1. The van der Waals surface area contributed by atoms with Gasteiger partial charge in [-0.3, -0.25) is 4.79 Å². The van der Waals surface area contributed by atoms with Crippen LogP contribution < -0.4 is 11.1 Å². The third-order valence-electron chi connectivity index (χ3n) is 4.42. The molecule has 3 atom stereocenters. The Morgan fingerprint density at radius 1 is 1.32 bits per heavy atom. The van der Waals surface area contributed by atoms with E-state index in [1.807, 2.05) is 25.1 Å². The molecule has 0 aliphatic heterocycles. The summed E-state index contributed by atoms with van der Waals surface area (Å²) in [4.78, 5) is 17.4. The van der Waals surface area contributed by atoms with Gasteiger partial charge in [0.2, 0.25) is 5.91 Å². The lowest BCUT2D eigenvalue weighted by molar-refractivity contribution is -0.125. The fourth-order valence-electron chi connectivity index (χ4n) is 2.91. The standard InChI is InChI=1S/C18H23N3OS.2ClH/c1-12(10-19)11-20-17(22)13-6-2-3-7-14(13)18-21-15-8-4-5-9-16(15)23-18;;/h2-5,8-9,12-14H,6-7,10-11,19H2,1H3,(H,20,22);2*1H. The van der Waals surface area contributed by atoms with Gasteiger partial charge in [0, 0.05) is 12.5 Å². The normalized spacial score (nSPS) is 20.4. The summed E-state index contributed by atoms with van der Waals surface area (Å²) in [6.45, 7) is 3.28. The Morgan fingerprint density at radius 3 is 2.76 bits per heavy atom. The van der Waals surface area contributed by atoms with Crippen LogP contribution in [0.5, 0.6) is 0 Å². The first-order valence-corrected chi connectivity index (χ1v) is 8.99. The minimum absolute atomic E-state index is 0. The highest BCUT2D eigenvalue weighted by Gasteiger charge is 2.32. The number of amides is 1. The molecule has 3 rings (SSSR count). The summed E-state index contributed by atoms with van der Waals surface area (Å²) in [5, 5.41) is 4.13. The van der Waals surface area contributed by atoms with Crippen molar-refractivity contribution in [2.75, 3.05) is 13.1 Å². The van der Waals surface area contributed by atoms with Crippen LogP contribution in [0.15, 0.2) is 36.4 Å². The second-order valence-electron chi connectivity index (χ2n) is 6.26. The quantitative estimate of drug-likeness (QED) is 0.746. The predicted octanol–water partition coefficient (Wildman–Crippen LogP) is 3.90. The zero-order valence-electron chi connectivity index (χ0n) is 14.2. The zero-order chi connectivity index (χ0) is 16.2. The number of allylic oxidation sites excluding steroid dienone is 2. The number of halogens is 2. The molecular weight excluding hydrogens is 377 g/mol. The third-order valence-corrected chi connectivity index (χ3v) is 5.59. The number of nitrogens with one attached hydrogen (secondary N) is 1. The van der Waals surface area contributed by atoms with Gasteiger partial charge < -0.3 is 11.1 Å². The molecule has 7 heteroatoms. The SMILES string of the molecule is CC(CN)CNC(=O)C1CC=CCC1c1nc2ccccc2s1.Cl.Cl. The Hall–Kier alpha value is -1.14. The average Bonchev–Trinajstić information content (AvgIpc) is 3.03. The number of aromatic nitrogens is 1. The average molecular weight is 402 g/mol. The molecule has 1 aliphatic rings. The van der Waals surface area contributed by atoms with E-state index in [1.54, 1.807) is 11.3 Å². The van der Waals surface area contributed by atoms with Crippen LogP contribution in [0.1, 0.15) is 30.7 Å². The number of hydrogen-bond donors (Lipinski definition) is 2. The summed E-state index contributed by atoms with van der Waals surface area (Å²) in [7, 11) is 0. The van der Waals surface area contributed by atoms with Gasteiger partial charge >= 0.3 is 0 Å². The van der Waals surface area contributed by atoms with E-state index in [4.69, 9.17) is 10.7 Å². The molecule has 1 amide bonds. The Labute approximate surface area is 165 Å². The van der Waals surface area contributed by atoms with Gasteiger partial charge in [0.05, 0.1) is 21.1 Å². The second-order valence-corrected chi connectivity index (χ2v) is 7.32. The van der Waals surface area contributed by atoms with Crippen molar-refractivity contribution >= 4 is 52.3 Å². The largest absolute Gasteiger partial charge is 0.356 e. The van der Waals surface area contributed by atoms with E-state index in [9.17, 15) is 4.79 Å². The van der Waals surface area contributed by atoms with E-state index in [-0.39, 0.29) is 42.6 Å². The summed E-state index contributed by atoms with van der Waals surface area (Å²) >= 11 is 1.71. The van der Waals surface area contributed by atoms with E-state index in [0.29, 0.717) is 19.0 Å². The smallest absolute Gasteiger partial charge is 0.224 e. The number of fused-ring (bicyclic) bond motifs is 1. The minimum Gasteiger partial charge on any atom is -0.356 e. The maximum Gasteiger partial charge on any atom is 0.224 e. The van der Waals surface area contributed by atoms with Crippen molar-refractivity contribution in [3.63, 3.8) is 0 Å². The van der Waals surface area contributed by atoms with Crippen LogP contribution in [0, 0.1) is 11.8 Å². The minimum atomic E-state index is -0.0365. The van der Waals surface area contributed by atoms with Crippen molar-refractivity contribution in [1.82, 2.24) is 10.3 Å². The van der Waals surface area contributed by atoms with E-state index in [1.165, 1.54) is 4.70 Å². The summed E-state index contributed by atoms with van der Waals surface area (Å²) in [5.41, 5.74) is 6.65. The van der Waals surface area contributed by atoms with Crippen LogP contribution >= 0.6 is 36.2 Å². The topological polar surface area (TPSA) is 68.0 Å². The molecule has 0 radical (unpaired) electrons. The lowest BCUT2D eigenvalue weighted by Crippen LogP contribution is -2.38. The first-order chi connectivity index (χ1) is 11.2. The Morgan fingerprint density at radius 2 is 2.04 bits per heavy atom. The first kappa shape index (κ1) is 21.9. The molecule has 2 aromatic rings. The molecule has 0 saturated heterocycles. The van der Waals surface area contributed by atoms with Crippen LogP contribution in [-0.2, 0) is 4.79 Å². The number of carbonyl (C=O) groups is 1. The molecule has 1 heterocycles. The first-order valence-electron chi connectivity index (χ1n) is 8.17. The van der Waals surface area contributed by atoms with Crippen molar-refractivity contribution in [3.8, 4) is 0 Å². The zero-order valence-corrected chi connectivity index (χ0v) is 16.6. The molecule has 1 aromatic heterocycles. The molecule has 3 unspecified atom stereocenters. The fraction of sp³-hybridized carbons (Fsp3) is 0.444. The van der Waals surface area contributed by atoms with Gasteiger partial charge in [-0.15, -0.1) is 36.2 Å². The van der Waals surface area contributed by atoms with Crippen molar-refractivity contribution in [1.29, 1.82) is 0 Å². The molecule has 0 bridgehead atoms. The lowest BCUT2D eigenvalue weighted by Gasteiger charge is -2.26. The second kappa shape index (κ2) is 10.1. The van der Waals surface area contributed by atoms with Crippen molar-refractivity contribution < 1.29 is 4.79 Å². The predicted molar refractivity (Wildman–Crippen MR) is 110 cm³/mol. The number of benzene rings is 1. The van der Waals surface area contributed by atoms with Gasteiger partial charge in [-0.1, -0.05) is 31.2 Å². The number of para-hydroxylation sites is 1. The highest BCUT2D eigenvalue weighted by molar-refractivity contribution is 7.18. The summed E-state index contributed by atoms with van der Waals surface area (Å²) in [6.07, 6.45) is 5.94. The Kier molecular flexibility index (Phi) is 8.86. The fourth-order valence-corrected chi connectivity index (χ4v) is 4.06. The third kappa shape index (κ3) is 5.17. The number of rotatable bonds is 5. The van der Waals surface area contributed by atoms with Gasteiger partial charge in [-0.2, -0.15) is 0 Å². The Bertz CT molecular complexity index is 686. The summed E-state index contributed by atoms with van der Waals surface area (Å²) in [5.74, 6) is 0.564. The van der Waals surface area contributed by atoms with E-state index < -0.39 is 0 Å². The molecule has 0 spiro atoms. The van der Waals surface area contributed by atoms with Gasteiger partial charge in [-0.05, 0) is 37.4 Å². The van der Waals surface area contributed by atoms with Gasteiger partial charge in [-0.25, -0.2) is 4.98 Å². The van der Waals surface area contributed by atoms with Crippen molar-refractivity contribution in [2.45, 2.75) is 25.7 Å². The lowest BCUT2D eigenvalue weighted by atomic mass is 9.82. The Balaban J connectivity index is 0.00000156. The van der Waals surface area contributed by atoms with Gasteiger partial charge in [0.15, 0.2) is 0 Å². The van der Waals surface area contributed by atoms with Crippen LogP contribution in [0.2, 0.25) is 0 Å². The number of thiazole rings is 1. The van der Waals surface area contributed by atoms with Crippen LogP contribution in [0.25, 0.3) is 10.2 Å². The van der Waals surface area contributed by atoms with E-state index in [0.717, 1.165) is 23.4 Å². The molecule has 25 heavy (non-hydrogen) atoms. The van der Waals surface area contributed by atoms with Crippen LogP contribution in [0.4, 0.5) is 0 Å². The molecule has 138 valence electrons. The molecule has 0 saturated carbocycles. The number of nitrogens with two attached hydrogens (primary N) is 1. The summed E-state index contributed by atoms with van der Waals surface area (Å²) < 4.78 is 1.19. The molecule has 4 nitrogen and oxygen atoms in total. The molecule has 3 N–H and O–H groups in total. The molecular formula is C18H25Cl2N3OS. The van der Waals surface area contributed by atoms with E-state index in [2.05, 4.69) is 23.5 Å². The van der Waals surface area contributed by atoms with Crippen LogP contribution in [-0.4, -0.2) is 24.0 Å². The molecule has 1 aromatic carbocycles. The molecule has 0 fully saturated rings. The number of carbonyl (C=O) groups excluding carboxylic acids is 1. The van der Waals surface area contributed by atoms with Crippen molar-refractivity contribution in [2.24, 2.45) is 17.6 Å². The van der Waals surface area contributed by atoms with Gasteiger partial charge in [0.1, 0.15) is 0 Å². The maximum absolute atomic E-state index is 12.6. The number of hydrogen-bond acceptors (Lipinski definition) is 4. The maximum atomic E-state index is 12.6. The van der Waals surface area contributed by atoms with Crippen LogP contribution in [0.3, 0.4) is 0 Å². The highest BCUT2D eigenvalue weighted by atomic mass is 35.5. The molecule has 1 aliphatic carbocycles. The van der Waals surface area contributed by atoms with E-state index >= 15 is 0 Å². The monoisotopic (exact) mass is 401 g/mol.